The molecule has 3 rings (SSSR count). The van der Waals surface area contributed by atoms with Gasteiger partial charge in [-0.25, -0.2) is 0 Å². The van der Waals surface area contributed by atoms with Gasteiger partial charge in [0.1, 0.15) is 0 Å². The van der Waals surface area contributed by atoms with Crippen LogP contribution >= 0.6 is 11.6 Å². The Kier molecular flexibility index (Phi) is 3.18. The SMILES string of the molecule is Clc1ccc2c(c1C=Cc1ccccc1)COC2. The molecule has 0 aliphatic carbocycles. The Balaban J connectivity index is 1.98. The van der Waals surface area contributed by atoms with Gasteiger partial charge in [0.25, 0.3) is 0 Å². The summed E-state index contributed by atoms with van der Waals surface area (Å²) in [5, 5.41) is 0.784. The fourth-order valence-corrected chi connectivity index (χ4v) is 2.41. The first-order chi connectivity index (χ1) is 8.84. The third kappa shape index (κ3) is 2.20. The van der Waals surface area contributed by atoms with E-state index < -0.39 is 0 Å². The van der Waals surface area contributed by atoms with Gasteiger partial charge in [-0.2, -0.15) is 0 Å². The first-order valence-electron chi connectivity index (χ1n) is 5.96. The average Bonchev–Trinajstić information content (AvgIpc) is 2.87. The van der Waals surface area contributed by atoms with Crippen LogP contribution in [0.25, 0.3) is 12.2 Å². The van der Waals surface area contributed by atoms with Gasteiger partial charge in [-0.05, 0) is 28.3 Å². The van der Waals surface area contributed by atoms with Gasteiger partial charge in [0.05, 0.1) is 13.2 Å². The molecule has 0 amide bonds. The molecule has 2 aromatic carbocycles. The summed E-state index contributed by atoms with van der Waals surface area (Å²) in [7, 11) is 0. The predicted octanol–water partition coefficient (Wildman–Crippen LogP) is 4.54. The molecule has 90 valence electrons. The number of ether oxygens (including phenoxy) is 1. The number of rotatable bonds is 2. The highest BCUT2D eigenvalue weighted by molar-refractivity contribution is 6.32. The third-order valence-corrected chi connectivity index (χ3v) is 3.48. The van der Waals surface area contributed by atoms with Crippen LogP contribution in [0.3, 0.4) is 0 Å². The summed E-state index contributed by atoms with van der Waals surface area (Å²) in [6, 6.07) is 14.2. The number of hydrogen-bond acceptors (Lipinski definition) is 1. The lowest BCUT2D eigenvalue weighted by molar-refractivity contribution is 0.134. The molecule has 18 heavy (non-hydrogen) atoms. The molecule has 1 aliphatic heterocycles. The first kappa shape index (κ1) is 11.5. The van der Waals surface area contributed by atoms with Crippen molar-refractivity contribution in [3.8, 4) is 0 Å². The van der Waals surface area contributed by atoms with E-state index in [2.05, 4.69) is 24.3 Å². The van der Waals surface area contributed by atoms with Crippen molar-refractivity contribution < 1.29 is 4.74 Å². The molecule has 2 aromatic rings. The molecule has 1 aliphatic rings. The first-order valence-corrected chi connectivity index (χ1v) is 6.33. The number of fused-ring (bicyclic) bond motifs is 1. The van der Waals surface area contributed by atoms with Crippen molar-refractivity contribution in [2.75, 3.05) is 0 Å². The van der Waals surface area contributed by atoms with Gasteiger partial charge in [0, 0.05) is 5.02 Å². The minimum absolute atomic E-state index is 0.657. The zero-order valence-electron chi connectivity index (χ0n) is 9.90. The van der Waals surface area contributed by atoms with Crippen LogP contribution in [0.2, 0.25) is 5.02 Å². The Morgan fingerprint density at radius 1 is 0.944 bits per heavy atom. The third-order valence-electron chi connectivity index (χ3n) is 3.15. The highest BCUT2D eigenvalue weighted by Gasteiger charge is 2.15. The smallest absolute Gasteiger partial charge is 0.0731 e. The molecular weight excluding hydrogens is 244 g/mol. The normalized spacial score (nSPS) is 14.1. The molecule has 0 atom stereocenters. The number of hydrogen-bond donors (Lipinski definition) is 0. The number of benzene rings is 2. The van der Waals surface area contributed by atoms with Crippen molar-refractivity contribution in [3.05, 3.63) is 69.7 Å². The van der Waals surface area contributed by atoms with E-state index in [1.165, 1.54) is 16.7 Å². The minimum Gasteiger partial charge on any atom is -0.372 e. The average molecular weight is 257 g/mol. The van der Waals surface area contributed by atoms with E-state index in [9.17, 15) is 0 Å². The maximum Gasteiger partial charge on any atom is 0.0731 e. The fraction of sp³-hybridized carbons (Fsp3) is 0.125. The molecule has 0 bridgehead atoms. The van der Waals surface area contributed by atoms with Gasteiger partial charge < -0.3 is 4.74 Å². The molecule has 2 heteroatoms. The highest BCUT2D eigenvalue weighted by atomic mass is 35.5. The predicted molar refractivity (Wildman–Crippen MR) is 75.3 cm³/mol. The Morgan fingerprint density at radius 3 is 2.61 bits per heavy atom. The lowest BCUT2D eigenvalue weighted by Gasteiger charge is -2.05. The lowest BCUT2D eigenvalue weighted by Crippen LogP contribution is -1.88. The second-order valence-electron chi connectivity index (χ2n) is 4.34. The van der Waals surface area contributed by atoms with E-state index in [0.717, 1.165) is 10.6 Å². The Hall–Kier alpha value is -1.57. The Bertz CT molecular complexity index is 588. The zero-order valence-corrected chi connectivity index (χ0v) is 10.7. The minimum atomic E-state index is 0.657. The second kappa shape index (κ2) is 4.97. The summed E-state index contributed by atoms with van der Waals surface area (Å²) >= 11 is 6.27. The topological polar surface area (TPSA) is 9.23 Å². The van der Waals surface area contributed by atoms with Crippen LogP contribution < -0.4 is 0 Å². The van der Waals surface area contributed by atoms with E-state index in [-0.39, 0.29) is 0 Å². The highest BCUT2D eigenvalue weighted by Crippen LogP contribution is 2.30. The van der Waals surface area contributed by atoms with E-state index in [4.69, 9.17) is 16.3 Å². The van der Waals surface area contributed by atoms with Gasteiger partial charge in [0.15, 0.2) is 0 Å². The molecule has 0 saturated carbocycles. The van der Waals surface area contributed by atoms with Crippen molar-refractivity contribution in [1.29, 1.82) is 0 Å². The largest absolute Gasteiger partial charge is 0.372 e. The molecule has 1 nitrogen and oxygen atoms in total. The van der Waals surface area contributed by atoms with E-state index in [1.807, 2.05) is 30.3 Å². The summed E-state index contributed by atoms with van der Waals surface area (Å²) < 4.78 is 5.47. The van der Waals surface area contributed by atoms with Crippen LogP contribution in [0, 0.1) is 0 Å². The summed E-state index contributed by atoms with van der Waals surface area (Å²) in [5.74, 6) is 0. The molecule has 0 saturated heterocycles. The standard InChI is InChI=1S/C16H13ClO/c17-16-9-7-13-10-18-11-15(13)14(16)8-6-12-4-2-1-3-5-12/h1-9H,10-11H2. The molecule has 0 spiro atoms. The van der Waals surface area contributed by atoms with Crippen molar-refractivity contribution in [2.45, 2.75) is 13.2 Å². The van der Waals surface area contributed by atoms with Gasteiger partial charge in [-0.3, -0.25) is 0 Å². The van der Waals surface area contributed by atoms with Crippen LogP contribution in [-0.4, -0.2) is 0 Å². The summed E-state index contributed by atoms with van der Waals surface area (Å²) in [6.45, 7) is 1.35. The van der Waals surface area contributed by atoms with Crippen molar-refractivity contribution in [3.63, 3.8) is 0 Å². The Morgan fingerprint density at radius 2 is 1.78 bits per heavy atom. The second-order valence-corrected chi connectivity index (χ2v) is 4.74. The monoisotopic (exact) mass is 256 g/mol. The van der Waals surface area contributed by atoms with Crippen LogP contribution in [0.15, 0.2) is 42.5 Å². The molecule has 0 aromatic heterocycles. The van der Waals surface area contributed by atoms with Crippen LogP contribution in [0.5, 0.6) is 0 Å². The maximum atomic E-state index is 6.27. The summed E-state index contributed by atoms with van der Waals surface area (Å²) in [6.07, 6.45) is 4.16. The summed E-state index contributed by atoms with van der Waals surface area (Å²) in [4.78, 5) is 0. The van der Waals surface area contributed by atoms with Crippen LogP contribution in [-0.2, 0) is 18.0 Å². The van der Waals surface area contributed by atoms with E-state index in [1.54, 1.807) is 0 Å². The van der Waals surface area contributed by atoms with E-state index >= 15 is 0 Å². The molecule has 0 unspecified atom stereocenters. The molecule has 1 heterocycles. The number of halogens is 1. The van der Waals surface area contributed by atoms with Crippen molar-refractivity contribution >= 4 is 23.8 Å². The zero-order chi connectivity index (χ0) is 12.4. The Labute approximate surface area is 112 Å². The van der Waals surface area contributed by atoms with E-state index in [0.29, 0.717) is 13.2 Å². The summed E-state index contributed by atoms with van der Waals surface area (Å²) in [5.41, 5.74) is 4.71. The van der Waals surface area contributed by atoms with Crippen molar-refractivity contribution in [1.82, 2.24) is 0 Å². The molecule has 0 fully saturated rings. The van der Waals surface area contributed by atoms with Crippen LogP contribution in [0.1, 0.15) is 22.3 Å². The van der Waals surface area contributed by atoms with Crippen molar-refractivity contribution in [2.24, 2.45) is 0 Å². The van der Waals surface area contributed by atoms with Gasteiger partial charge in [-0.1, -0.05) is 60.2 Å². The quantitative estimate of drug-likeness (QED) is 0.717. The lowest BCUT2D eigenvalue weighted by atomic mass is 10.0. The molecule has 0 N–H and O–H groups in total. The van der Waals surface area contributed by atoms with Gasteiger partial charge in [0.2, 0.25) is 0 Å². The van der Waals surface area contributed by atoms with Crippen LogP contribution in [0.4, 0.5) is 0 Å². The van der Waals surface area contributed by atoms with Gasteiger partial charge >= 0.3 is 0 Å². The maximum absolute atomic E-state index is 6.27. The van der Waals surface area contributed by atoms with Gasteiger partial charge in [-0.15, -0.1) is 0 Å². The molecule has 0 radical (unpaired) electrons. The molecular formula is C16H13ClO. The fourth-order valence-electron chi connectivity index (χ4n) is 2.17.